The maximum atomic E-state index is 11.1. The van der Waals surface area contributed by atoms with Crippen molar-refractivity contribution in [1.29, 1.82) is 0 Å². The Hall–Kier alpha value is -1.95. The summed E-state index contributed by atoms with van der Waals surface area (Å²) < 4.78 is 4.23. The van der Waals surface area contributed by atoms with Gasteiger partial charge in [0.25, 0.3) is 0 Å². The van der Waals surface area contributed by atoms with E-state index < -0.39 is 5.97 Å². The van der Waals surface area contributed by atoms with Crippen LogP contribution in [0.2, 0.25) is 0 Å². The minimum Gasteiger partial charge on any atom is -0.478 e. The Kier molecular flexibility index (Phi) is 4.11. The van der Waals surface area contributed by atoms with Crippen LogP contribution in [0.3, 0.4) is 0 Å². The SMILES string of the molecule is CCCc1nsc(Nc2ccc(C)c(C(=O)O)c2)n1. The van der Waals surface area contributed by atoms with Crippen LogP contribution in [0.15, 0.2) is 18.2 Å². The highest BCUT2D eigenvalue weighted by Gasteiger charge is 2.09. The molecule has 19 heavy (non-hydrogen) atoms. The maximum absolute atomic E-state index is 11.1. The van der Waals surface area contributed by atoms with Crippen molar-refractivity contribution in [3.63, 3.8) is 0 Å². The highest BCUT2D eigenvalue weighted by Crippen LogP contribution is 2.21. The second kappa shape index (κ2) is 5.79. The second-order valence-corrected chi connectivity index (χ2v) is 4.98. The average Bonchev–Trinajstić information content (AvgIpc) is 2.79. The van der Waals surface area contributed by atoms with E-state index in [2.05, 4.69) is 21.6 Å². The Bertz CT molecular complexity index is 595. The van der Waals surface area contributed by atoms with Gasteiger partial charge in [-0.2, -0.15) is 4.37 Å². The summed E-state index contributed by atoms with van der Waals surface area (Å²) in [6, 6.07) is 5.22. The number of hydrogen-bond acceptors (Lipinski definition) is 5. The lowest BCUT2D eigenvalue weighted by Crippen LogP contribution is -2.01. The van der Waals surface area contributed by atoms with Crippen molar-refractivity contribution in [2.75, 3.05) is 5.32 Å². The van der Waals surface area contributed by atoms with Crippen molar-refractivity contribution in [3.05, 3.63) is 35.2 Å². The number of nitrogens with one attached hydrogen (secondary N) is 1. The first-order valence-corrected chi connectivity index (χ1v) is 6.81. The summed E-state index contributed by atoms with van der Waals surface area (Å²) in [7, 11) is 0. The quantitative estimate of drug-likeness (QED) is 0.877. The van der Waals surface area contributed by atoms with Gasteiger partial charge in [0.2, 0.25) is 5.13 Å². The largest absolute Gasteiger partial charge is 0.478 e. The van der Waals surface area contributed by atoms with Crippen LogP contribution in [-0.4, -0.2) is 20.4 Å². The number of carboxylic acid groups (broad SMARTS) is 1. The first kappa shape index (κ1) is 13.5. The van der Waals surface area contributed by atoms with Crippen LogP contribution in [-0.2, 0) is 6.42 Å². The lowest BCUT2D eigenvalue weighted by molar-refractivity contribution is 0.0696. The molecule has 0 saturated heterocycles. The molecule has 0 amide bonds. The van der Waals surface area contributed by atoms with Crippen LogP contribution >= 0.6 is 11.5 Å². The van der Waals surface area contributed by atoms with Gasteiger partial charge in [0, 0.05) is 23.6 Å². The molecular formula is C13H15N3O2S. The summed E-state index contributed by atoms with van der Waals surface area (Å²) in [5.41, 5.74) is 1.74. The van der Waals surface area contributed by atoms with Crippen LogP contribution in [0.25, 0.3) is 0 Å². The van der Waals surface area contributed by atoms with E-state index in [-0.39, 0.29) is 0 Å². The molecule has 6 heteroatoms. The number of carboxylic acids is 1. The van der Waals surface area contributed by atoms with Crippen LogP contribution in [0.1, 0.15) is 35.1 Å². The van der Waals surface area contributed by atoms with E-state index in [1.54, 1.807) is 19.1 Å². The predicted molar refractivity (Wildman–Crippen MR) is 75.3 cm³/mol. The normalized spacial score (nSPS) is 10.4. The fourth-order valence-electron chi connectivity index (χ4n) is 1.68. The van der Waals surface area contributed by atoms with E-state index >= 15 is 0 Å². The number of nitrogens with zero attached hydrogens (tertiary/aromatic N) is 2. The van der Waals surface area contributed by atoms with Gasteiger partial charge in [-0.25, -0.2) is 9.78 Å². The third-order valence-electron chi connectivity index (χ3n) is 2.66. The van der Waals surface area contributed by atoms with Gasteiger partial charge >= 0.3 is 5.97 Å². The molecule has 0 radical (unpaired) electrons. The molecule has 0 unspecified atom stereocenters. The van der Waals surface area contributed by atoms with Crippen molar-refractivity contribution in [2.45, 2.75) is 26.7 Å². The monoisotopic (exact) mass is 277 g/mol. The number of anilines is 2. The van der Waals surface area contributed by atoms with Gasteiger partial charge in [0.15, 0.2) is 0 Å². The summed E-state index contributed by atoms with van der Waals surface area (Å²) in [5, 5.41) is 12.8. The molecule has 0 aliphatic rings. The molecule has 2 rings (SSSR count). The standard InChI is InChI=1S/C13H15N3O2S/c1-3-4-11-15-13(19-16-11)14-9-6-5-8(2)10(7-9)12(17)18/h5-7H,3-4H2,1-2H3,(H,17,18)(H,14,15,16). The molecule has 1 aromatic carbocycles. The summed E-state index contributed by atoms with van der Waals surface area (Å²) in [6.07, 6.45) is 1.86. The van der Waals surface area contributed by atoms with Crippen LogP contribution in [0, 0.1) is 6.92 Å². The van der Waals surface area contributed by atoms with E-state index in [9.17, 15) is 4.79 Å². The highest BCUT2D eigenvalue weighted by molar-refractivity contribution is 7.09. The average molecular weight is 277 g/mol. The van der Waals surface area contributed by atoms with E-state index in [1.165, 1.54) is 11.5 Å². The minimum atomic E-state index is -0.926. The number of benzene rings is 1. The van der Waals surface area contributed by atoms with Gasteiger partial charge in [-0.15, -0.1) is 0 Å². The van der Waals surface area contributed by atoms with Crippen molar-refractivity contribution >= 4 is 28.3 Å². The summed E-state index contributed by atoms with van der Waals surface area (Å²) in [4.78, 5) is 15.4. The molecule has 100 valence electrons. The zero-order chi connectivity index (χ0) is 13.8. The first-order chi connectivity index (χ1) is 9.10. The Balaban J connectivity index is 2.18. The van der Waals surface area contributed by atoms with Crippen LogP contribution in [0.4, 0.5) is 10.8 Å². The first-order valence-electron chi connectivity index (χ1n) is 6.03. The Morgan fingerprint density at radius 3 is 2.95 bits per heavy atom. The molecule has 0 atom stereocenters. The maximum Gasteiger partial charge on any atom is 0.336 e. The highest BCUT2D eigenvalue weighted by atomic mass is 32.1. The molecule has 0 spiro atoms. The molecule has 0 bridgehead atoms. The summed E-state index contributed by atoms with van der Waals surface area (Å²) >= 11 is 1.28. The zero-order valence-electron chi connectivity index (χ0n) is 10.8. The molecular weight excluding hydrogens is 262 g/mol. The smallest absolute Gasteiger partial charge is 0.336 e. The molecule has 1 heterocycles. The fraction of sp³-hybridized carbons (Fsp3) is 0.308. The van der Waals surface area contributed by atoms with E-state index in [4.69, 9.17) is 5.11 Å². The number of aryl methyl sites for hydroxylation is 2. The van der Waals surface area contributed by atoms with Gasteiger partial charge < -0.3 is 10.4 Å². The van der Waals surface area contributed by atoms with Crippen LogP contribution < -0.4 is 5.32 Å². The molecule has 0 saturated carbocycles. The van der Waals surface area contributed by atoms with Crippen molar-refractivity contribution in [2.24, 2.45) is 0 Å². The number of aromatic carboxylic acids is 1. The number of hydrogen-bond donors (Lipinski definition) is 2. The number of aromatic nitrogens is 2. The molecule has 0 fully saturated rings. The van der Waals surface area contributed by atoms with E-state index in [0.29, 0.717) is 16.4 Å². The van der Waals surface area contributed by atoms with Crippen molar-refractivity contribution < 1.29 is 9.90 Å². The second-order valence-electron chi connectivity index (χ2n) is 4.23. The molecule has 2 N–H and O–H groups in total. The fourth-order valence-corrected chi connectivity index (χ4v) is 2.32. The molecule has 1 aromatic heterocycles. The third-order valence-corrected chi connectivity index (χ3v) is 3.33. The van der Waals surface area contributed by atoms with Gasteiger partial charge in [-0.05, 0) is 31.0 Å². The van der Waals surface area contributed by atoms with E-state index in [1.807, 2.05) is 6.07 Å². The van der Waals surface area contributed by atoms with Gasteiger partial charge in [0.05, 0.1) is 5.56 Å². The lowest BCUT2D eigenvalue weighted by atomic mass is 10.1. The van der Waals surface area contributed by atoms with Gasteiger partial charge in [0.1, 0.15) is 5.82 Å². The zero-order valence-corrected chi connectivity index (χ0v) is 11.6. The third kappa shape index (κ3) is 3.29. The van der Waals surface area contributed by atoms with Gasteiger partial charge in [-0.1, -0.05) is 13.0 Å². The Morgan fingerprint density at radius 2 is 2.26 bits per heavy atom. The molecule has 0 aliphatic carbocycles. The molecule has 2 aromatic rings. The number of carbonyl (C=O) groups is 1. The predicted octanol–water partition coefficient (Wildman–Crippen LogP) is 3.24. The summed E-state index contributed by atoms with van der Waals surface area (Å²) in [5.74, 6) is -0.106. The summed E-state index contributed by atoms with van der Waals surface area (Å²) in [6.45, 7) is 3.85. The lowest BCUT2D eigenvalue weighted by Gasteiger charge is -2.05. The topological polar surface area (TPSA) is 75.1 Å². The molecule has 0 aliphatic heterocycles. The van der Waals surface area contributed by atoms with Crippen LogP contribution in [0.5, 0.6) is 0 Å². The van der Waals surface area contributed by atoms with Crippen molar-refractivity contribution in [1.82, 2.24) is 9.36 Å². The number of rotatable bonds is 5. The van der Waals surface area contributed by atoms with E-state index in [0.717, 1.165) is 24.2 Å². The molecule has 5 nitrogen and oxygen atoms in total. The van der Waals surface area contributed by atoms with Crippen molar-refractivity contribution in [3.8, 4) is 0 Å². The Morgan fingerprint density at radius 1 is 1.47 bits per heavy atom. The Labute approximate surface area is 115 Å². The minimum absolute atomic E-state index is 0.295. The van der Waals surface area contributed by atoms with Gasteiger partial charge in [-0.3, -0.25) is 0 Å².